The van der Waals surface area contributed by atoms with Gasteiger partial charge in [0.25, 0.3) is 0 Å². The highest BCUT2D eigenvalue weighted by Gasteiger charge is 2.35. The molecule has 0 aliphatic carbocycles. The smallest absolute Gasteiger partial charge is 0.310 e. The first-order valence-electron chi connectivity index (χ1n) is 5.18. The van der Waals surface area contributed by atoms with Crippen LogP contribution in [-0.2, 0) is 14.3 Å². The van der Waals surface area contributed by atoms with Gasteiger partial charge in [0.1, 0.15) is 6.23 Å². The molecule has 5 heteroatoms. The van der Waals surface area contributed by atoms with Crippen molar-refractivity contribution in [1.29, 1.82) is 0 Å². The maximum absolute atomic E-state index is 11.3. The summed E-state index contributed by atoms with van der Waals surface area (Å²) >= 11 is 0. The fourth-order valence-corrected chi connectivity index (χ4v) is 1.87. The van der Waals surface area contributed by atoms with E-state index in [-0.39, 0.29) is 11.9 Å². The minimum absolute atomic E-state index is 0.187. The van der Waals surface area contributed by atoms with Gasteiger partial charge < -0.3 is 14.6 Å². The summed E-state index contributed by atoms with van der Waals surface area (Å²) in [4.78, 5) is 13.1. The van der Waals surface area contributed by atoms with E-state index in [0.717, 1.165) is 13.0 Å². The lowest BCUT2D eigenvalue weighted by molar-refractivity contribution is -0.145. The van der Waals surface area contributed by atoms with Gasteiger partial charge in [-0.25, -0.2) is 0 Å². The van der Waals surface area contributed by atoms with Crippen molar-refractivity contribution in [1.82, 2.24) is 4.90 Å². The van der Waals surface area contributed by atoms with Crippen LogP contribution >= 0.6 is 0 Å². The predicted octanol–water partition coefficient (Wildman–Crippen LogP) is -0.164. The molecule has 0 aromatic heterocycles. The number of esters is 1. The predicted molar refractivity (Wildman–Crippen MR) is 54.2 cm³/mol. The quantitative estimate of drug-likeness (QED) is 0.512. The summed E-state index contributed by atoms with van der Waals surface area (Å²) in [5.74, 6) is -0.421. The number of likely N-dealkylation sites (tertiary alicyclic amines) is 1. The van der Waals surface area contributed by atoms with Crippen LogP contribution in [0, 0.1) is 5.92 Å². The van der Waals surface area contributed by atoms with Crippen LogP contribution in [0.15, 0.2) is 0 Å². The van der Waals surface area contributed by atoms with E-state index in [0.29, 0.717) is 19.6 Å². The van der Waals surface area contributed by atoms with E-state index in [1.165, 1.54) is 7.11 Å². The minimum atomic E-state index is -0.522. The molecule has 1 N–H and O–H groups in total. The highest BCUT2D eigenvalue weighted by atomic mass is 16.5. The van der Waals surface area contributed by atoms with Crippen molar-refractivity contribution in [2.75, 3.05) is 33.9 Å². The first-order valence-corrected chi connectivity index (χ1v) is 5.18. The summed E-state index contributed by atoms with van der Waals surface area (Å²) in [5, 5.41) is 9.68. The summed E-state index contributed by atoms with van der Waals surface area (Å²) < 4.78 is 9.59. The average Bonchev–Trinajstić information content (AvgIpc) is 2.60. The lowest BCUT2D eigenvalue weighted by atomic mass is 10.1. The van der Waals surface area contributed by atoms with Gasteiger partial charge in [-0.2, -0.15) is 0 Å². The maximum Gasteiger partial charge on any atom is 0.310 e. The largest absolute Gasteiger partial charge is 0.469 e. The number of carbonyl (C=O) groups is 1. The summed E-state index contributed by atoms with van der Waals surface area (Å²) in [5.41, 5.74) is 0. The molecule has 1 saturated heterocycles. The molecular formula is C10H19NO4. The van der Waals surface area contributed by atoms with Gasteiger partial charge in [0.05, 0.1) is 13.0 Å². The average molecular weight is 217 g/mol. The Morgan fingerprint density at radius 3 is 2.87 bits per heavy atom. The van der Waals surface area contributed by atoms with Crippen molar-refractivity contribution in [3.05, 3.63) is 0 Å². The number of rotatable bonds is 5. The number of methoxy groups -OCH3 is 2. The highest BCUT2D eigenvalue weighted by Crippen LogP contribution is 2.22. The van der Waals surface area contributed by atoms with E-state index in [1.807, 2.05) is 4.90 Å². The van der Waals surface area contributed by atoms with Crippen molar-refractivity contribution < 1.29 is 19.4 Å². The summed E-state index contributed by atoms with van der Waals surface area (Å²) in [6.07, 6.45) is 0.812. The monoisotopic (exact) mass is 217 g/mol. The molecule has 1 aliphatic rings. The van der Waals surface area contributed by atoms with E-state index < -0.39 is 6.23 Å². The van der Waals surface area contributed by atoms with E-state index >= 15 is 0 Å². The first kappa shape index (κ1) is 12.4. The maximum atomic E-state index is 11.3. The summed E-state index contributed by atoms with van der Waals surface area (Å²) in [6, 6.07) is 0. The Bertz CT molecular complexity index is 210. The molecule has 1 fully saturated rings. The van der Waals surface area contributed by atoms with E-state index in [9.17, 15) is 9.90 Å². The number of ether oxygens (including phenoxy) is 2. The second-order valence-corrected chi connectivity index (χ2v) is 3.78. The van der Waals surface area contributed by atoms with Crippen molar-refractivity contribution in [2.45, 2.75) is 19.1 Å². The van der Waals surface area contributed by atoms with Crippen molar-refractivity contribution in [2.24, 2.45) is 5.92 Å². The fourth-order valence-electron chi connectivity index (χ4n) is 1.87. The Morgan fingerprint density at radius 2 is 2.27 bits per heavy atom. The normalized spacial score (nSPS) is 26.9. The molecule has 1 aliphatic heterocycles. The zero-order valence-electron chi connectivity index (χ0n) is 9.31. The van der Waals surface area contributed by atoms with Crippen molar-refractivity contribution in [3.63, 3.8) is 0 Å². The Labute approximate surface area is 90.0 Å². The number of hydrogen-bond donors (Lipinski definition) is 1. The van der Waals surface area contributed by atoms with Gasteiger partial charge in [-0.05, 0) is 6.42 Å². The topological polar surface area (TPSA) is 59.0 Å². The molecule has 15 heavy (non-hydrogen) atoms. The molecule has 0 spiro atoms. The van der Waals surface area contributed by atoms with Gasteiger partial charge in [0.2, 0.25) is 0 Å². The van der Waals surface area contributed by atoms with E-state index in [2.05, 4.69) is 4.74 Å². The third kappa shape index (κ3) is 3.44. The Kier molecular flexibility index (Phi) is 5.01. The molecule has 1 rings (SSSR count). The third-order valence-corrected chi connectivity index (χ3v) is 2.70. The Morgan fingerprint density at radius 1 is 1.53 bits per heavy atom. The molecule has 0 aromatic carbocycles. The zero-order chi connectivity index (χ0) is 11.3. The molecule has 1 heterocycles. The second-order valence-electron chi connectivity index (χ2n) is 3.78. The minimum Gasteiger partial charge on any atom is -0.469 e. The van der Waals surface area contributed by atoms with Gasteiger partial charge in [-0.3, -0.25) is 9.69 Å². The van der Waals surface area contributed by atoms with Gasteiger partial charge in [0.15, 0.2) is 0 Å². The van der Waals surface area contributed by atoms with Gasteiger partial charge in [-0.1, -0.05) is 0 Å². The van der Waals surface area contributed by atoms with Gasteiger partial charge >= 0.3 is 5.97 Å². The lowest BCUT2D eigenvalue weighted by Crippen LogP contribution is -2.31. The molecule has 2 unspecified atom stereocenters. The molecule has 5 nitrogen and oxygen atoms in total. The van der Waals surface area contributed by atoms with Crippen LogP contribution in [0.4, 0.5) is 0 Å². The lowest BCUT2D eigenvalue weighted by Gasteiger charge is -2.19. The van der Waals surface area contributed by atoms with Crippen LogP contribution in [0.3, 0.4) is 0 Å². The first-order chi connectivity index (χ1) is 7.19. The molecular weight excluding hydrogens is 198 g/mol. The molecule has 0 amide bonds. The Balaban J connectivity index is 2.32. The third-order valence-electron chi connectivity index (χ3n) is 2.70. The van der Waals surface area contributed by atoms with Gasteiger partial charge in [-0.15, -0.1) is 0 Å². The molecule has 88 valence electrons. The summed E-state index contributed by atoms with van der Waals surface area (Å²) in [6.45, 7) is 2.01. The van der Waals surface area contributed by atoms with Crippen molar-refractivity contribution >= 4 is 5.97 Å². The molecule has 0 saturated carbocycles. The van der Waals surface area contributed by atoms with Crippen LogP contribution in [0.2, 0.25) is 0 Å². The van der Waals surface area contributed by atoms with Crippen LogP contribution in [0.25, 0.3) is 0 Å². The zero-order valence-corrected chi connectivity index (χ0v) is 9.31. The van der Waals surface area contributed by atoms with Crippen LogP contribution in [-0.4, -0.2) is 56.1 Å². The molecule has 0 bridgehead atoms. The van der Waals surface area contributed by atoms with Crippen molar-refractivity contribution in [3.8, 4) is 0 Å². The fraction of sp³-hybridized carbons (Fsp3) is 0.900. The number of nitrogens with zero attached hydrogens (tertiary/aromatic N) is 1. The van der Waals surface area contributed by atoms with Crippen LogP contribution in [0.1, 0.15) is 12.8 Å². The molecule has 0 radical (unpaired) electrons. The SMILES string of the molecule is COCCCN1CC(C(=O)OC)CC1O. The number of aliphatic hydroxyl groups excluding tert-OH is 1. The van der Waals surface area contributed by atoms with Crippen LogP contribution < -0.4 is 0 Å². The van der Waals surface area contributed by atoms with Gasteiger partial charge in [0, 0.05) is 33.2 Å². The second kappa shape index (κ2) is 6.05. The van der Waals surface area contributed by atoms with Crippen LogP contribution in [0.5, 0.6) is 0 Å². The summed E-state index contributed by atoms with van der Waals surface area (Å²) in [7, 11) is 3.03. The standard InChI is InChI=1S/C10H19NO4/c1-14-5-3-4-11-7-8(6-9(11)12)10(13)15-2/h8-9,12H,3-7H2,1-2H3. The Hall–Kier alpha value is -0.650. The van der Waals surface area contributed by atoms with E-state index in [1.54, 1.807) is 7.11 Å². The van der Waals surface area contributed by atoms with E-state index in [4.69, 9.17) is 4.74 Å². The molecule has 0 aromatic rings. The molecule has 2 atom stereocenters. The number of aliphatic hydroxyl groups is 1. The highest BCUT2D eigenvalue weighted by molar-refractivity contribution is 5.72. The number of carbonyl (C=O) groups excluding carboxylic acids is 1. The number of hydrogen-bond acceptors (Lipinski definition) is 5.